The second-order valence-corrected chi connectivity index (χ2v) is 7.35. The van der Waals surface area contributed by atoms with E-state index in [1.807, 2.05) is 12.1 Å². The van der Waals surface area contributed by atoms with E-state index >= 15 is 0 Å². The Hall–Kier alpha value is -2.41. The number of nitrogens with zero attached hydrogens (tertiary/aromatic N) is 1. The van der Waals surface area contributed by atoms with Crippen LogP contribution in [0.25, 0.3) is 0 Å². The Morgan fingerprint density at radius 3 is 2.81 bits per heavy atom. The minimum Gasteiger partial charge on any atom is -0.489 e. The molecule has 3 heterocycles. The van der Waals surface area contributed by atoms with Crippen molar-refractivity contribution in [1.82, 2.24) is 15.5 Å². The Labute approximate surface area is 152 Å². The van der Waals surface area contributed by atoms with Crippen molar-refractivity contribution in [2.24, 2.45) is 5.92 Å². The number of rotatable bonds is 3. The molecule has 0 radical (unpaired) electrons. The zero-order valence-corrected chi connectivity index (χ0v) is 14.8. The van der Waals surface area contributed by atoms with Gasteiger partial charge in [0, 0.05) is 25.1 Å². The van der Waals surface area contributed by atoms with E-state index in [9.17, 15) is 14.4 Å². The van der Waals surface area contributed by atoms with Crippen molar-refractivity contribution >= 4 is 17.7 Å². The van der Waals surface area contributed by atoms with E-state index < -0.39 is 6.04 Å². The van der Waals surface area contributed by atoms with E-state index in [0.717, 1.165) is 30.8 Å². The molecular weight excluding hydrogens is 334 g/mol. The first-order valence-electron chi connectivity index (χ1n) is 9.18. The lowest BCUT2D eigenvalue weighted by atomic mass is 9.97. The summed E-state index contributed by atoms with van der Waals surface area (Å²) in [5.41, 5.74) is 1.48. The third kappa shape index (κ3) is 3.07. The maximum atomic E-state index is 12.7. The van der Waals surface area contributed by atoms with Crippen molar-refractivity contribution < 1.29 is 19.1 Å². The van der Waals surface area contributed by atoms with E-state index in [0.29, 0.717) is 24.4 Å². The van der Waals surface area contributed by atoms with Crippen molar-refractivity contribution in [2.75, 3.05) is 13.1 Å². The molecule has 7 heteroatoms. The zero-order chi connectivity index (χ0) is 18.3. The predicted octanol–water partition coefficient (Wildman–Crippen LogP) is 0.824. The SMILES string of the molecule is C[C@@H]1CCNC[C@@H]1Oc1ccc2c(c1)CN(C1CCC(=O)NC1=O)C2=O. The van der Waals surface area contributed by atoms with Gasteiger partial charge < -0.3 is 15.0 Å². The molecule has 0 bridgehead atoms. The molecule has 1 aromatic rings. The summed E-state index contributed by atoms with van der Waals surface area (Å²) in [5, 5.41) is 5.66. The minimum absolute atomic E-state index is 0.116. The van der Waals surface area contributed by atoms with E-state index in [1.165, 1.54) is 0 Å². The molecule has 2 fully saturated rings. The lowest BCUT2D eigenvalue weighted by molar-refractivity contribution is -0.136. The lowest BCUT2D eigenvalue weighted by Crippen LogP contribution is -2.52. The second-order valence-electron chi connectivity index (χ2n) is 7.35. The summed E-state index contributed by atoms with van der Waals surface area (Å²) >= 11 is 0. The average Bonchev–Trinajstić information content (AvgIpc) is 2.93. The third-order valence-corrected chi connectivity index (χ3v) is 5.54. The number of hydrogen-bond acceptors (Lipinski definition) is 5. The number of fused-ring (bicyclic) bond motifs is 1. The first-order chi connectivity index (χ1) is 12.5. The number of benzene rings is 1. The summed E-state index contributed by atoms with van der Waals surface area (Å²) in [6.45, 7) is 4.39. The zero-order valence-electron chi connectivity index (χ0n) is 14.8. The van der Waals surface area contributed by atoms with Gasteiger partial charge in [-0.1, -0.05) is 6.92 Å². The molecule has 7 nitrogen and oxygen atoms in total. The van der Waals surface area contributed by atoms with Gasteiger partial charge in [0.05, 0.1) is 0 Å². The molecule has 2 N–H and O–H groups in total. The molecular formula is C19H23N3O4. The van der Waals surface area contributed by atoms with Crippen LogP contribution in [0.1, 0.15) is 42.1 Å². The third-order valence-electron chi connectivity index (χ3n) is 5.54. The summed E-state index contributed by atoms with van der Waals surface area (Å²) in [6, 6.07) is 4.92. The second kappa shape index (κ2) is 6.72. The van der Waals surface area contributed by atoms with Crippen molar-refractivity contribution in [2.45, 2.75) is 44.9 Å². The van der Waals surface area contributed by atoms with Gasteiger partial charge in [-0.05, 0) is 49.1 Å². The molecule has 1 aromatic carbocycles. The summed E-state index contributed by atoms with van der Waals surface area (Å²) in [6.07, 6.45) is 1.83. The minimum atomic E-state index is -0.584. The number of ether oxygens (including phenoxy) is 1. The lowest BCUT2D eigenvalue weighted by Gasteiger charge is -2.30. The number of hydrogen-bond donors (Lipinski definition) is 2. The number of piperidine rings is 2. The highest BCUT2D eigenvalue weighted by Crippen LogP contribution is 2.31. The maximum Gasteiger partial charge on any atom is 0.255 e. The Morgan fingerprint density at radius 2 is 2.04 bits per heavy atom. The molecule has 3 aliphatic heterocycles. The average molecular weight is 357 g/mol. The van der Waals surface area contributed by atoms with Crippen LogP contribution in [0.15, 0.2) is 18.2 Å². The fourth-order valence-corrected chi connectivity index (χ4v) is 3.92. The molecule has 0 aliphatic carbocycles. The van der Waals surface area contributed by atoms with Crippen LogP contribution in [0.5, 0.6) is 5.75 Å². The standard InChI is InChI=1S/C19H23N3O4/c1-11-6-7-20-9-16(11)26-13-2-3-14-12(8-13)10-22(19(14)25)15-4-5-17(23)21-18(15)24/h2-3,8,11,15-16,20H,4-7,9-10H2,1H3,(H,21,23,24)/t11-,15?,16+/m1/s1. The Bertz CT molecular complexity index is 763. The van der Waals surface area contributed by atoms with Gasteiger partial charge >= 0.3 is 0 Å². The van der Waals surface area contributed by atoms with E-state index in [4.69, 9.17) is 4.74 Å². The molecule has 26 heavy (non-hydrogen) atoms. The highest BCUT2D eigenvalue weighted by Gasteiger charge is 2.39. The largest absolute Gasteiger partial charge is 0.489 e. The van der Waals surface area contributed by atoms with Gasteiger partial charge in [-0.3, -0.25) is 19.7 Å². The number of amides is 3. The Morgan fingerprint density at radius 1 is 1.19 bits per heavy atom. The normalized spacial score (nSPS) is 28.7. The van der Waals surface area contributed by atoms with E-state index in [-0.39, 0.29) is 30.2 Å². The van der Waals surface area contributed by atoms with Crippen LogP contribution < -0.4 is 15.4 Å². The molecule has 138 valence electrons. The highest BCUT2D eigenvalue weighted by atomic mass is 16.5. The first-order valence-corrected chi connectivity index (χ1v) is 9.18. The van der Waals surface area contributed by atoms with Crippen LogP contribution in [0.4, 0.5) is 0 Å². The highest BCUT2D eigenvalue weighted by molar-refractivity contribution is 6.05. The van der Waals surface area contributed by atoms with Gasteiger partial charge in [-0.25, -0.2) is 0 Å². The van der Waals surface area contributed by atoms with Crippen LogP contribution in [-0.4, -0.2) is 47.9 Å². The predicted molar refractivity (Wildman–Crippen MR) is 93.6 cm³/mol. The summed E-state index contributed by atoms with van der Waals surface area (Å²) < 4.78 is 6.13. The quantitative estimate of drug-likeness (QED) is 0.782. The molecule has 0 spiro atoms. The number of nitrogens with one attached hydrogen (secondary N) is 2. The number of imide groups is 1. The molecule has 0 saturated carbocycles. The molecule has 1 unspecified atom stereocenters. The summed E-state index contributed by atoms with van der Waals surface area (Å²) in [4.78, 5) is 37.7. The van der Waals surface area contributed by atoms with Gasteiger partial charge in [-0.15, -0.1) is 0 Å². The molecule has 0 aromatic heterocycles. The molecule has 3 amide bonds. The summed E-state index contributed by atoms with van der Waals surface area (Å²) in [7, 11) is 0. The molecule has 3 aliphatic rings. The molecule has 2 saturated heterocycles. The van der Waals surface area contributed by atoms with E-state index in [1.54, 1.807) is 11.0 Å². The summed E-state index contributed by atoms with van der Waals surface area (Å²) in [5.74, 6) is 0.407. The van der Waals surface area contributed by atoms with Crippen molar-refractivity contribution in [1.29, 1.82) is 0 Å². The van der Waals surface area contributed by atoms with Gasteiger partial charge in [0.15, 0.2) is 0 Å². The van der Waals surface area contributed by atoms with Gasteiger partial charge in [-0.2, -0.15) is 0 Å². The van der Waals surface area contributed by atoms with Gasteiger partial charge in [0.2, 0.25) is 11.8 Å². The maximum absolute atomic E-state index is 12.7. The van der Waals surface area contributed by atoms with Crippen molar-refractivity contribution in [3.63, 3.8) is 0 Å². The van der Waals surface area contributed by atoms with Gasteiger partial charge in [0.25, 0.3) is 5.91 Å². The van der Waals surface area contributed by atoms with Crippen molar-refractivity contribution in [3.05, 3.63) is 29.3 Å². The Balaban J connectivity index is 1.49. The topological polar surface area (TPSA) is 87.7 Å². The number of carbonyl (C=O) groups is 3. The van der Waals surface area contributed by atoms with E-state index in [2.05, 4.69) is 17.6 Å². The van der Waals surface area contributed by atoms with Gasteiger partial charge in [0.1, 0.15) is 17.9 Å². The van der Waals surface area contributed by atoms with Crippen LogP contribution in [0, 0.1) is 5.92 Å². The van der Waals surface area contributed by atoms with Crippen molar-refractivity contribution in [3.8, 4) is 5.75 Å². The monoisotopic (exact) mass is 357 g/mol. The van der Waals surface area contributed by atoms with Crippen LogP contribution in [-0.2, 0) is 16.1 Å². The molecule has 3 atom stereocenters. The molecule has 4 rings (SSSR count). The number of carbonyl (C=O) groups excluding carboxylic acids is 3. The van der Waals surface area contributed by atoms with Crippen LogP contribution in [0.2, 0.25) is 0 Å². The smallest absolute Gasteiger partial charge is 0.255 e. The fraction of sp³-hybridized carbons (Fsp3) is 0.526. The van der Waals surface area contributed by atoms with Crippen LogP contribution >= 0.6 is 0 Å². The first kappa shape index (κ1) is 17.0. The Kier molecular flexibility index (Phi) is 4.40. The van der Waals surface area contributed by atoms with Crippen LogP contribution in [0.3, 0.4) is 0 Å². The fourth-order valence-electron chi connectivity index (χ4n) is 3.92.